The third-order valence-corrected chi connectivity index (χ3v) is 7.94. The van der Waals surface area contributed by atoms with Crippen LogP contribution in [0.4, 0.5) is 11.4 Å². The summed E-state index contributed by atoms with van der Waals surface area (Å²) in [4.78, 5) is 34.1. The molecule has 3 aromatic carbocycles. The summed E-state index contributed by atoms with van der Waals surface area (Å²) in [5, 5.41) is 0. The van der Waals surface area contributed by atoms with Crippen LogP contribution < -0.4 is 4.90 Å². The molecule has 2 aliphatic heterocycles. The normalized spacial score (nSPS) is 16.1. The molecule has 0 bridgehead atoms. The topological polar surface area (TPSA) is 49.7 Å². The van der Waals surface area contributed by atoms with Gasteiger partial charge in [0.05, 0.1) is 22.0 Å². The predicted molar refractivity (Wildman–Crippen MR) is 131 cm³/mol. The summed E-state index contributed by atoms with van der Waals surface area (Å²) in [6, 6.07) is 25.5. The average molecular weight is 461 g/mol. The second-order valence-electron chi connectivity index (χ2n) is 6.76. The van der Waals surface area contributed by atoms with Crippen LogP contribution in [0, 0.1) is 0 Å². The van der Waals surface area contributed by atoms with Gasteiger partial charge in [-0.25, -0.2) is 0 Å². The Morgan fingerprint density at radius 1 is 0.871 bits per heavy atom. The summed E-state index contributed by atoms with van der Waals surface area (Å²) in [5.74, 6) is -0.0965. The van der Waals surface area contributed by atoms with Gasteiger partial charge in [0.25, 0.3) is 5.91 Å². The first-order chi connectivity index (χ1) is 15.2. The minimum atomic E-state index is -0.256. The van der Waals surface area contributed by atoms with Gasteiger partial charge < -0.3 is 0 Å². The molecule has 0 saturated heterocycles. The molecule has 0 radical (unpaired) electrons. The maximum absolute atomic E-state index is 13.3. The van der Waals surface area contributed by atoms with E-state index in [-0.39, 0.29) is 17.6 Å². The predicted octanol–water partition coefficient (Wildman–Crippen LogP) is 6.22. The molecular weight excluding hydrogens is 444 g/mol. The zero-order chi connectivity index (χ0) is 21.2. The molecule has 0 aromatic heterocycles. The molecule has 0 unspecified atom stereocenters. The van der Waals surface area contributed by atoms with Gasteiger partial charge in [0.15, 0.2) is 0 Å². The van der Waals surface area contributed by atoms with E-state index < -0.39 is 0 Å². The minimum Gasteiger partial charge on any atom is -0.278 e. The third-order valence-electron chi connectivity index (χ3n) is 4.70. The lowest BCUT2D eigenvalue weighted by molar-refractivity contribution is -0.115. The number of para-hydroxylation sites is 2. The molecule has 152 valence electrons. The molecule has 0 saturated carbocycles. The monoisotopic (exact) mass is 460 g/mol. The first-order valence-corrected chi connectivity index (χ1v) is 12.2. The first-order valence-electron chi connectivity index (χ1n) is 9.58. The van der Waals surface area contributed by atoms with Gasteiger partial charge in [-0.1, -0.05) is 89.9 Å². The van der Waals surface area contributed by atoms with E-state index in [1.807, 2.05) is 84.9 Å². The molecule has 4 nitrogen and oxygen atoms in total. The van der Waals surface area contributed by atoms with Gasteiger partial charge in [0.2, 0.25) is 5.91 Å². The number of fused-ring (bicyclic) bond motifs is 2. The van der Waals surface area contributed by atoms with Crippen LogP contribution in [0.25, 0.3) is 6.08 Å². The molecule has 2 heterocycles. The summed E-state index contributed by atoms with van der Waals surface area (Å²) in [7, 11) is 0. The van der Waals surface area contributed by atoms with Crippen molar-refractivity contribution in [2.45, 2.75) is 9.79 Å². The van der Waals surface area contributed by atoms with Gasteiger partial charge in [0.1, 0.15) is 4.38 Å². The molecule has 0 fully saturated rings. The second kappa shape index (κ2) is 8.78. The molecule has 0 atom stereocenters. The number of hydrogen-bond donors (Lipinski definition) is 0. The molecule has 0 aliphatic carbocycles. The van der Waals surface area contributed by atoms with Crippen LogP contribution in [0.15, 0.2) is 98.6 Å². The van der Waals surface area contributed by atoms with Crippen LogP contribution in [0.1, 0.15) is 5.56 Å². The van der Waals surface area contributed by atoms with E-state index in [2.05, 4.69) is 4.99 Å². The maximum atomic E-state index is 13.3. The van der Waals surface area contributed by atoms with Gasteiger partial charge in [-0.05, 0) is 35.9 Å². The SMILES string of the molecule is O=C1N=C(SCC(=O)N2c3ccccc3Sc3ccccc32)SC1=Cc1ccccc1. The van der Waals surface area contributed by atoms with Crippen molar-refractivity contribution in [3.63, 3.8) is 0 Å². The number of nitrogens with zero attached hydrogens (tertiary/aromatic N) is 2. The van der Waals surface area contributed by atoms with Crippen molar-refractivity contribution in [1.82, 2.24) is 0 Å². The smallest absolute Gasteiger partial charge is 0.278 e. The Kier molecular flexibility index (Phi) is 5.72. The second-order valence-corrected chi connectivity index (χ2v) is 10.1. The molecule has 0 spiro atoms. The molecule has 2 aliphatic rings. The molecule has 5 rings (SSSR count). The summed E-state index contributed by atoms with van der Waals surface area (Å²) >= 11 is 4.30. The van der Waals surface area contributed by atoms with E-state index in [9.17, 15) is 9.59 Å². The Morgan fingerprint density at radius 2 is 1.48 bits per heavy atom. The number of benzene rings is 3. The van der Waals surface area contributed by atoms with Crippen molar-refractivity contribution < 1.29 is 9.59 Å². The van der Waals surface area contributed by atoms with Crippen molar-refractivity contribution in [2.24, 2.45) is 4.99 Å². The van der Waals surface area contributed by atoms with Gasteiger partial charge in [-0.3, -0.25) is 14.5 Å². The Balaban J connectivity index is 1.32. The van der Waals surface area contributed by atoms with Crippen LogP contribution in [0.5, 0.6) is 0 Å². The van der Waals surface area contributed by atoms with Gasteiger partial charge in [-0.2, -0.15) is 4.99 Å². The number of carbonyl (C=O) groups excluding carboxylic acids is 2. The van der Waals surface area contributed by atoms with Crippen molar-refractivity contribution in [1.29, 1.82) is 0 Å². The van der Waals surface area contributed by atoms with E-state index in [0.717, 1.165) is 26.7 Å². The number of carbonyl (C=O) groups is 2. The Morgan fingerprint density at radius 3 is 2.16 bits per heavy atom. The largest absolute Gasteiger partial charge is 0.285 e. The molecular formula is C24H16N2O2S3. The number of aliphatic imine (C=N–C) groups is 1. The van der Waals surface area contributed by atoms with Crippen LogP contribution in [0.2, 0.25) is 0 Å². The summed E-state index contributed by atoms with van der Waals surface area (Å²) in [6.45, 7) is 0. The number of anilines is 2. The quantitative estimate of drug-likeness (QED) is 0.434. The Labute approximate surface area is 192 Å². The zero-order valence-corrected chi connectivity index (χ0v) is 18.7. The molecule has 31 heavy (non-hydrogen) atoms. The number of rotatable bonds is 3. The van der Waals surface area contributed by atoms with E-state index in [1.165, 1.54) is 23.5 Å². The molecule has 2 amide bonds. The van der Waals surface area contributed by atoms with Crippen LogP contribution in [-0.4, -0.2) is 21.9 Å². The number of amides is 2. The zero-order valence-electron chi connectivity index (χ0n) is 16.2. The van der Waals surface area contributed by atoms with E-state index in [1.54, 1.807) is 16.7 Å². The van der Waals surface area contributed by atoms with Gasteiger partial charge >= 0.3 is 0 Å². The Bertz CT molecular complexity index is 1190. The van der Waals surface area contributed by atoms with Crippen LogP contribution in [0.3, 0.4) is 0 Å². The molecule has 3 aromatic rings. The fourth-order valence-electron chi connectivity index (χ4n) is 3.31. The summed E-state index contributed by atoms with van der Waals surface area (Å²) in [6.07, 6.45) is 1.83. The number of hydrogen-bond acceptors (Lipinski definition) is 5. The van der Waals surface area contributed by atoms with E-state index in [0.29, 0.717) is 9.28 Å². The highest BCUT2D eigenvalue weighted by atomic mass is 32.2. The lowest BCUT2D eigenvalue weighted by Crippen LogP contribution is -2.30. The molecule has 7 heteroatoms. The van der Waals surface area contributed by atoms with Crippen LogP contribution >= 0.6 is 35.3 Å². The highest BCUT2D eigenvalue weighted by Gasteiger charge is 2.29. The fourth-order valence-corrected chi connectivity index (χ4v) is 6.22. The Hall–Kier alpha value is -2.74. The molecule has 0 N–H and O–H groups in total. The lowest BCUT2D eigenvalue weighted by Gasteiger charge is -2.30. The number of thioether (sulfide) groups is 2. The fraction of sp³-hybridized carbons (Fsp3) is 0.0417. The van der Waals surface area contributed by atoms with Crippen molar-refractivity contribution in [2.75, 3.05) is 10.7 Å². The highest BCUT2D eigenvalue weighted by Crippen LogP contribution is 2.48. The average Bonchev–Trinajstić information content (AvgIpc) is 3.15. The van der Waals surface area contributed by atoms with Gasteiger partial charge in [-0.15, -0.1) is 0 Å². The summed E-state index contributed by atoms with van der Waals surface area (Å²) in [5.41, 5.74) is 2.73. The van der Waals surface area contributed by atoms with E-state index >= 15 is 0 Å². The highest BCUT2D eigenvalue weighted by molar-refractivity contribution is 8.41. The minimum absolute atomic E-state index is 0.0403. The van der Waals surface area contributed by atoms with Crippen LogP contribution in [-0.2, 0) is 9.59 Å². The first kappa shape index (κ1) is 20.2. The van der Waals surface area contributed by atoms with Gasteiger partial charge in [0, 0.05) is 9.79 Å². The van der Waals surface area contributed by atoms with E-state index in [4.69, 9.17) is 0 Å². The lowest BCUT2D eigenvalue weighted by atomic mass is 10.2. The van der Waals surface area contributed by atoms with Crippen molar-refractivity contribution in [3.8, 4) is 0 Å². The standard InChI is InChI=1S/C24H16N2O2S3/c27-22(15-29-24-25-23(28)21(31-24)14-16-8-2-1-3-9-16)26-17-10-4-6-12-19(17)30-20-13-7-5-11-18(20)26/h1-14H,15H2. The summed E-state index contributed by atoms with van der Waals surface area (Å²) < 4.78 is 0.605. The van der Waals surface area contributed by atoms with Crippen molar-refractivity contribution >= 4 is 68.9 Å². The third kappa shape index (κ3) is 4.21. The maximum Gasteiger partial charge on any atom is 0.285 e. The van der Waals surface area contributed by atoms with Crippen molar-refractivity contribution in [3.05, 3.63) is 89.3 Å².